The molecule has 2 aromatic heterocycles. The van der Waals surface area contributed by atoms with Crippen molar-refractivity contribution in [3.63, 3.8) is 0 Å². The van der Waals surface area contributed by atoms with Gasteiger partial charge in [0.15, 0.2) is 5.65 Å². The van der Waals surface area contributed by atoms with Crippen molar-refractivity contribution in [3.05, 3.63) is 94.4 Å². The van der Waals surface area contributed by atoms with E-state index in [1.165, 1.54) is 0 Å². The van der Waals surface area contributed by atoms with Crippen LogP contribution in [0.1, 0.15) is 42.2 Å². The Kier molecular flexibility index (Phi) is 5.89. The molecule has 2 heterocycles. The van der Waals surface area contributed by atoms with Crippen LogP contribution in [0.2, 0.25) is 0 Å². The summed E-state index contributed by atoms with van der Waals surface area (Å²) < 4.78 is 1.67. The maximum absolute atomic E-state index is 13.1. The second-order valence-electron chi connectivity index (χ2n) is 7.45. The summed E-state index contributed by atoms with van der Waals surface area (Å²) in [4.78, 5) is 34.6. The second kappa shape index (κ2) is 8.92. The second-order valence-corrected chi connectivity index (χ2v) is 7.45. The third-order valence-electron chi connectivity index (χ3n) is 5.22. The summed E-state index contributed by atoms with van der Waals surface area (Å²) in [6, 6.07) is 20.3. The van der Waals surface area contributed by atoms with Gasteiger partial charge in [-0.3, -0.25) is 14.2 Å². The molecule has 1 amide bonds. The highest BCUT2D eigenvalue weighted by Gasteiger charge is 2.15. The molecule has 0 aliphatic heterocycles. The molecule has 1 atom stereocenters. The normalized spacial score (nSPS) is 11.9. The monoisotopic (exact) mass is 412 g/mol. The first-order valence-electron chi connectivity index (χ1n) is 10.4. The highest BCUT2D eigenvalue weighted by atomic mass is 16.1. The van der Waals surface area contributed by atoms with Crippen LogP contribution in [0.5, 0.6) is 0 Å². The smallest absolute Gasteiger partial charge is 0.278 e. The Morgan fingerprint density at radius 2 is 1.77 bits per heavy atom. The number of carbonyl (C=O) groups is 1. The number of rotatable bonds is 6. The Morgan fingerprint density at radius 1 is 1.03 bits per heavy atom. The summed E-state index contributed by atoms with van der Waals surface area (Å²) in [6.07, 6.45) is 2.48. The van der Waals surface area contributed by atoms with Crippen molar-refractivity contribution in [3.8, 4) is 11.3 Å². The third-order valence-corrected chi connectivity index (χ3v) is 5.22. The van der Waals surface area contributed by atoms with Gasteiger partial charge in [-0.25, -0.2) is 9.97 Å². The van der Waals surface area contributed by atoms with Gasteiger partial charge >= 0.3 is 0 Å². The molecule has 4 rings (SSSR count). The van der Waals surface area contributed by atoms with Gasteiger partial charge in [0.1, 0.15) is 11.2 Å². The van der Waals surface area contributed by atoms with Crippen LogP contribution >= 0.6 is 0 Å². The van der Waals surface area contributed by atoms with E-state index in [1.807, 2.05) is 50.2 Å². The lowest BCUT2D eigenvalue weighted by Gasteiger charge is -2.14. The molecular weight excluding hydrogens is 388 g/mol. The zero-order valence-electron chi connectivity index (χ0n) is 17.6. The largest absolute Gasteiger partial charge is 0.346 e. The number of hydrogen-bond acceptors (Lipinski definition) is 4. The molecule has 6 heteroatoms. The van der Waals surface area contributed by atoms with E-state index in [2.05, 4.69) is 15.3 Å². The minimum absolute atomic E-state index is 0.107. The van der Waals surface area contributed by atoms with Crippen molar-refractivity contribution < 1.29 is 4.79 Å². The average Bonchev–Trinajstić information content (AvgIpc) is 2.81. The highest BCUT2D eigenvalue weighted by Crippen LogP contribution is 2.19. The van der Waals surface area contributed by atoms with Gasteiger partial charge in [-0.2, -0.15) is 0 Å². The van der Waals surface area contributed by atoms with Gasteiger partial charge < -0.3 is 5.32 Å². The van der Waals surface area contributed by atoms with Gasteiger partial charge in [-0.15, -0.1) is 0 Å². The van der Waals surface area contributed by atoms with E-state index in [-0.39, 0.29) is 17.5 Å². The van der Waals surface area contributed by atoms with Crippen molar-refractivity contribution in [1.82, 2.24) is 19.9 Å². The maximum Gasteiger partial charge on any atom is 0.278 e. The van der Waals surface area contributed by atoms with Gasteiger partial charge in [0.2, 0.25) is 0 Å². The van der Waals surface area contributed by atoms with Crippen LogP contribution in [-0.2, 0) is 6.54 Å². The zero-order chi connectivity index (χ0) is 21.8. The molecule has 1 unspecified atom stereocenters. The van der Waals surface area contributed by atoms with Gasteiger partial charge in [-0.05, 0) is 43.2 Å². The molecule has 2 aromatic carbocycles. The standard InChI is InChI=1S/C25H24N4O2/c1-3-16-29-23-21(10-7-15-26-23)28-22(25(29)31)19-11-13-20(14-12-19)24(30)27-17(2)18-8-5-4-6-9-18/h4-15,17H,3,16H2,1-2H3,(H,27,30). The first kappa shape index (κ1) is 20.5. The van der Waals surface area contributed by atoms with E-state index in [1.54, 1.807) is 41.1 Å². The van der Waals surface area contributed by atoms with Crippen LogP contribution in [0, 0.1) is 0 Å². The van der Waals surface area contributed by atoms with E-state index in [4.69, 9.17) is 0 Å². The molecule has 31 heavy (non-hydrogen) atoms. The van der Waals surface area contributed by atoms with Gasteiger partial charge in [-0.1, -0.05) is 49.4 Å². The Balaban J connectivity index is 1.62. The average molecular weight is 412 g/mol. The fraction of sp³-hybridized carbons (Fsp3) is 0.200. The zero-order valence-corrected chi connectivity index (χ0v) is 17.6. The Bertz CT molecular complexity index is 1260. The minimum Gasteiger partial charge on any atom is -0.346 e. The number of hydrogen-bond donors (Lipinski definition) is 1. The molecule has 156 valence electrons. The number of pyridine rings is 1. The molecule has 6 nitrogen and oxygen atoms in total. The van der Waals surface area contributed by atoms with Crippen LogP contribution < -0.4 is 10.9 Å². The van der Waals surface area contributed by atoms with Crippen molar-refractivity contribution in [2.24, 2.45) is 0 Å². The van der Waals surface area contributed by atoms with Gasteiger partial charge in [0.05, 0.1) is 6.04 Å². The number of nitrogens with zero attached hydrogens (tertiary/aromatic N) is 3. The summed E-state index contributed by atoms with van der Waals surface area (Å²) in [7, 11) is 0. The predicted octanol–water partition coefficient (Wildman–Crippen LogP) is 4.36. The van der Waals surface area contributed by atoms with E-state index < -0.39 is 0 Å². The molecular formula is C25H24N4O2. The summed E-state index contributed by atoms with van der Waals surface area (Å²) in [5, 5.41) is 3.00. The summed E-state index contributed by atoms with van der Waals surface area (Å²) in [5.74, 6) is -0.165. The topological polar surface area (TPSA) is 76.9 Å². The molecule has 0 saturated carbocycles. The van der Waals surface area contributed by atoms with Crippen LogP contribution in [0.25, 0.3) is 22.4 Å². The Labute approximate surface area is 180 Å². The summed E-state index contributed by atoms with van der Waals surface area (Å²) in [6.45, 7) is 4.54. The number of fused-ring (bicyclic) bond motifs is 1. The molecule has 0 bridgehead atoms. The Morgan fingerprint density at radius 3 is 2.48 bits per heavy atom. The maximum atomic E-state index is 13.1. The molecule has 0 saturated heterocycles. The molecule has 0 aliphatic rings. The number of carbonyl (C=O) groups excluding carboxylic acids is 1. The quantitative estimate of drug-likeness (QED) is 0.510. The molecule has 0 aliphatic carbocycles. The van der Waals surface area contributed by atoms with Crippen LogP contribution in [0.3, 0.4) is 0 Å². The number of benzene rings is 2. The summed E-state index contributed by atoms with van der Waals surface area (Å²) in [5.41, 5.74) is 3.68. The van der Waals surface area contributed by atoms with E-state index >= 15 is 0 Å². The summed E-state index contributed by atoms with van der Waals surface area (Å²) >= 11 is 0. The number of nitrogens with one attached hydrogen (secondary N) is 1. The molecule has 0 spiro atoms. The van der Waals surface area contributed by atoms with Crippen LogP contribution in [0.15, 0.2) is 77.7 Å². The van der Waals surface area contributed by atoms with Crippen molar-refractivity contribution in [2.45, 2.75) is 32.9 Å². The molecule has 4 aromatic rings. The lowest BCUT2D eigenvalue weighted by Crippen LogP contribution is -2.26. The number of aromatic nitrogens is 3. The fourth-order valence-corrected chi connectivity index (χ4v) is 3.58. The fourth-order valence-electron chi connectivity index (χ4n) is 3.58. The van der Waals surface area contributed by atoms with E-state index in [0.717, 1.165) is 12.0 Å². The molecule has 0 radical (unpaired) electrons. The van der Waals surface area contributed by atoms with Crippen LogP contribution in [0.4, 0.5) is 0 Å². The minimum atomic E-state index is -0.178. The highest BCUT2D eigenvalue weighted by molar-refractivity contribution is 5.95. The lowest BCUT2D eigenvalue weighted by molar-refractivity contribution is 0.0940. The SMILES string of the molecule is CCCn1c(=O)c(-c2ccc(C(=O)NC(C)c3ccccc3)cc2)nc2cccnc21. The van der Waals surface area contributed by atoms with Crippen molar-refractivity contribution in [1.29, 1.82) is 0 Å². The van der Waals surface area contributed by atoms with Crippen molar-refractivity contribution in [2.75, 3.05) is 0 Å². The van der Waals surface area contributed by atoms with Crippen LogP contribution in [-0.4, -0.2) is 20.4 Å². The van der Waals surface area contributed by atoms with E-state index in [9.17, 15) is 9.59 Å². The van der Waals surface area contributed by atoms with Gasteiger partial charge in [0, 0.05) is 23.9 Å². The molecule has 0 fully saturated rings. The first-order valence-corrected chi connectivity index (χ1v) is 10.4. The predicted molar refractivity (Wildman–Crippen MR) is 122 cm³/mol. The third kappa shape index (κ3) is 4.23. The Hall–Kier alpha value is -3.80. The lowest BCUT2D eigenvalue weighted by atomic mass is 10.1. The molecule has 1 N–H and O–H groups in total. The number of aryl methyl sites for hydroxylation is 1. The van der Waals surface area contributed by atoms with E-state index in [0.29, 0.717) is 34.5 Å². The van der Waals surface area contributed by atoms with Crippen molar-refractivity contribution >= 4 is 17.1 Å². The number of amides is 1. The van der Waals surface area contributed by atoms with Gasteiger partial charge in [0.25, 0.3) is 11.5 Å². The first-order chi connectivity index (χ1) is 15.1.